The van der Waals surface area contributed by atoms with Crippen molar-refractivity contribution in [1.82, 2.24) is 14.5 Å². The number of pyridine rings is 2. The minimum atomic E-state index is -0.00834. The van der Waals surface area contributed by atoms with Crippen LogP contribution in [0.3, 0.4) is 0 Å². The number of aromatic nitrogens is 3. The number of anilines is 4. The van der Waals surface area contributed by atoms with Crippen molar-refractivity contribution >= 4 is 55.6 Å². The fraction of sp³-hybridized carbons (Fsp3) is 0.0930. The number of para-hydroxylation sites is 4. The summed E-state index contributed by atoms with van der Waals surface area (Å²) in [6.45, 7) is 8.72. The number of rotatable bonds is 5. The molecule has 0 saturated carbocycles. The summed E-state index contributed by atoms with van der Waals surface area (Å²) in [6, 6.07) is 50.5. The first-order valence-electron chi connectivity index (χ1n) is 16.4. The third-order valence-electron chi connectivity index (χ3n) is 9.09. The van der Waals surface area contributed by atoms with Crippen LogP contribution < -0.4 is 14.5 Å². The van der Waals surface area contributed by atoms with E-state index in [4.69, 9.17) is 14.7 Å². The summed E-state index contributed by atoms with van der Waals surface area (Å²) in [4.78, 5) is 14.0. The van der Waals surface area contributed by atoms with Crippen LogP contribution in [0.4, 0.5) is 22.9 Å². The Morgan fingerprint density at radius 2 is 1.42 bits per heavy atom. The van der Waals surface area contributed by atoms with Crippen LogP contribution in [0.1, 0.15) is 26.3 Å². The Morgan fingerprint density at radius 3 is 2.28 bits per heavy atom. The SMILES string of the molecule is CC(C)(C)c1ccnc(-n2c3[c-]c(Oc4[c-]c(N5[CH-]N(c6ccc7ccccc7n6)c6ccccc65)ccc4)ccc3c3ccccc32)c1.[Pt]. The average Bonchev–Trinajstić information content (AvgIpc) is 3.67. The fourth-order valence-electron chi connectivity index (χ4n) is 6.61. The molecule has 6 nitrogen and oxygen atoms in total. The Bertz CT molecular complexity index is 2530. The Balaban J connectivity index is 0.00000361. The second-order valence-electron chi connectivity index (χ2n) is 13.3. The van der Waals surface area contributed by atoms with Crippen molar-refractivity contribution in [3.8, 4) is 17.3 Å². The summed E-state index contributed by atoms with van der Waals surface area (Å²) in [5.74, 6) is 2.90. The first kappa shape index (κ1) is 31.8. The average molecular weight is 830 g/mol. The minimum Gasteiger partial charge on any atom is -0.509 e. The molecule has 5 aromatic carbocycles. The van der Waals surface area contributed by atoms with Crippen molar-refractivity contribution in [3.05, 3.63) is 158 Å². The van der Waals surface area contributed by atoms with Crippen LogP contribution in [0.5, 0.6) is 11.5 Å². The van der Waals surface area contributed by atoms with Gasteiger partial charge in [0.15, 0.2) is 0 Å². The zero-order chi connectivity index (χ0) is 33.1. The van der Waals surface area contributed by atoms with Crippen LogP contribution in [-0.2, 0) is 26.5 Å². The van der Waals surface area contributed by atoms with E-state index in [0.717, 1.165) is 61.4 Å². The summed E-state index contributed by atoms with van der Waals surface area (Å²) < 4.78 is 8.67. The van der Waals surface area contributed by atoms with E-state index >= 15 is 0 Å². The molecule has 0 fully saturated rings. The van der Waals surface area contributed by atoms with E-state index in [0.29, 0.717) is 11.5 Å². The summed E-state index contributed by atoms with van der Waals surface area (Å²) >= 11 is 0. The number of ether oxygens (including phenoxy) is 1. The Kier molecular flexibility index (Phi) is 7.92. The number of hydrogen-bond donors (Lipinski definition) is 0. The Labute approximate surface area is 305 Å². The summed E-state index contributed by atoms with van der Waals surface area (Å²) in [5, 5.41) is 3.35. The van der Waals surface area contributed by atoms with Crippen LogP contribution in [0.15, 0.2) is 134 Å². The zero-order valence-electron chi connectivity index (χ0n) is 27.7. The molecule has 50 heavy (non-hydrogen) atoms. The quantitative estimate of drug-likeness (QED) is 0.162. The predicted molar refractivity (Wildman–Crippen MR) is 198 cm³/mol. The van der Waals surface area contributed by atoms with Gasteiger partial charge in [-0.2, -0.15) is 12.1 Å². The Hall–Kier alpha value is -5.45. The van der Waals surface area contributed by atoms with E-state index < -0.39 is 0 Å². The molecule has 3 aromatic heterocycles. The molecule has 0 atom stereocenters. The molecular weight excluding hydrogens is 798 g/mol. The van der Waals surface area contributed by atoms with Crippen molar-refractivity contribution in [2.45, 2.75) is 26.2 Å². The molecule has 0 spiro atoms. The first-order chi connectivity index (χ1) is 23.9. The van der Waals surface area contributed by atoms with Gasteiger partial charge in [-0.3, -0.25) is 0 Å². The second-order valence-corrected chi connectivity index (χ2v) is 13.3. The maximum absolute atomic E-state index is 6.49. The monoisotopic (exact) mass is 829 g/mol. The molecule has 0 radical (unpaired) electrons. The van der Waals surface area contributed by atoms with E-state index in [2.05, 4.69) is 127 Å². The van der Waals surface area contributed by atoms with E-state index in [9.17, 15) is 0 Å². The molecule has 248 valence electrons. The molecule has 8 aromatic rings. The zero-order valence-corrected chi connectivity index (χ0v) is 30.0. The van der Waals surface area contributed by atoms with Gasteiger partial charge >= 0.3 is 0 Å². The van der Waals surface area contributed by atoms with Gasteiger partial charge in [0.05, 0.1) is 5.52 Å². The molecule has 7 heteroatoms. The van der Waals surface area contributed by atoms with Gasteiger partial charge in [-0.1, -0.05) is 74.8 Å². The van der Waals surface area contributed by atoms with Gasteiger partial charge in [0.1, 0.15) is 11.6 Å². The summed E-state index contributed by atoms with van der Waals surface area (Å²) in [7, 11) is 0. The maximum Gasteiger partial charge on any atom is 0.135 e. The van der Waals surface area contributed by atoms with Crippen molar-refractivity contribution in [2.24, 2.45) is 0 Å². The van der Waals surface area contributed by atoms with Crippen molar-refractivity contribution in [2.75, 3.05) is 9.80 Å². The summed E-state index contributed by atoms with van der Waals surface area (Å²) in [6.07, 6.45) is 1.89. The van der Waals surface area contributed by atoms with Gasteiger partial charge in [0, 0.05) is 61.0 Å². The summed E-state index contributed by atoms with van der Waals surface area (Å²) in [5.41, 5.74) is 7.08. The number of nitrogens with zero attached hydrogens (tertiary/aromatic N) is 5. The van der Waals surface area contributed by atoms with Gasteiger partial charge in [0.25, 0.3) is 0 Å². The van der Waals surface area contributed by atoms with Gasteiger partial charge < -0.3 is 19.1 Å². The van der Waals surface area contributed by atoms with Crippen molar-refractivity contribution in [3.63, 3.8) is 0 Å². The molecule has 9 rings (SSSR count). The van der Waals surface area contributed by atoms with Crippen molar-refractivity contribution < 1.29 is 25.8 Å². The number of hydrogen-bond acceptors (Lipinski definition) is 5. The maximum atomic E-state index is 6.49. The van der Waals surface area contributed by atoms with Crippen molar-refractivity contribution in [1.29, 1.82) is 0 Å². The minimum absolute atomic E-state index is 0. The molecule has 0 saturated heterocycles. The van der Waals surface area contributed by atoms with E-state index in [1.54, 1.807) is 0 Å². The van der Waals surface area contributed by atoms with Crippen LogP contribution in [0, 0.1) is 18.8 Å². The van der Waals surface area contributed by atoms with E-state index in [-0.39, 0.29) is 26.5 Å². The first-order valence-corrected chi connectivity index (χ1v) is 16.4. The molecular formula is C43H32N5OPt-3. The van der Waals surface area contributed by atoms with Gasteiger partial charge in [0.2, 0.25) is 0 Å². The smallest absolute Gasteiger partial charge is 0.135 e. The van der Waals surface area contributed by atoms with E-state index in [1.807, 2.05) is 60.8 Å². The molecule has 0 unspecified atom stereocenters. The fourth-order valence-corrected chi connectivity index (χ4v) is 6.61. The molecule has 0 amide bonds. The molecule has 0 aliphatic carbocycles. The molecule has 0 N–H and O–H groups in total. The largest absolute Gasteiger partial charge is 0.509 e. The molecule has 4 heterocycles. The van der Waals surface area contributed by atoms with Crippen LogP contribution in [0.2, 0.25) is 0 Å². The number of fused-ring (bicyclic) bond motifs is 5. The van der Waals surface area contributed by atoms with Gasteiger partial charge in [-0.25, -0.2) is 9.97 Å². The van der Waals surface area contributed by atoms with E-state index in [1.165, 1.54) is 5.56 Å². The number of benzene rings is 5. The standard InChI is InChI=1S/C43H32N5O.Pt/c1-43(2,3)30-23-24-44-42(25-30)48-37-16-7-5-14-34(37)35-21-20-33(27-40(35)48)49-32-13-10-12-31(26-32)46-28-47(39-18-9-8-17-38(39)46)41-22-19-29-11-4-6-15-36(29)45-41;/h4-25,28H,1-3H3;/q-3;. The molecule has 0 bridgehead atoms. The van der Waals surface area contributed by atoms with Gasteiger partial charge in [-0.15, -0.1) is 48.1 Å². The van der Waals surface area contributed by atoms with Crippen LogP contribution in [0.25, 0.3) is 38.5 Å². The third kappa shape index (κ3) is 5.50. The third-order valence-corrected chi connectivity index (χ3v) is 9.09. The van der Waals surface area contributed by atoms with Crippen LogP contribution in [-0.4, -0.2) is 14.5 Å². The van der Waals surface area contributed by atoms with Crippen LogP contribution >= 0.6 is 0 Å². The normalized spacial score (nSPS) is 12.8. The second kappa shape index (κ2) is 12.5. The van der Waals surface area contributed by atoms with Gasteiger partial charge in [-0.05, 0) is 64.9 Å². The molecule has 1 aliphatic rings. The Morgan fingerprint density at radius 1 is 0.660 bits per heavy atom. The molecule has 1 aliphatic heterocycles. The predicted octanol–water partition coefficient (Wildman–Crippen LogP) is 10.8. The topological polar surface area (TPSA) is 46.4 Å².